The predicted octanol–water partition coefficient (Wildman–Crippen LogP) is 3.62. The molecular weight excluding hydrogens is 419 g/mol. The van der Waals surface area contributed by atoms with Crippen molar-refractivity contribution in [1.29, 1.82) is 0 Å². The first kappa shape index (κ1) is 21.9. The molecule has 3 unspecified atom stereocenters. The fourth-order valence-corrected chi connectivity index (χ4v) is 6.67. The highest BCUT2D eigenvalue weighted by atomic mass is 19.4. The summed E-state index contributed by atoms with van der Waals surface area (Å²) >= 11 is 0. The molecule has 5 rings (SSSR count). The third-order valence-electron chi connectivity index (χ3n) is 8.02. The zero-order valence-corrected chi connectivity index (χ0v) is 18.9. The summed E-state index contributed by atoms with van der Waals surface area (Å²) in [6, 6.07) is 1.91. The number of hydrogen-bond acceptors (Lipinski definition) is 6. The Bertz CT molecular complexity index is 901. The average Bonchev–Trinajstić information content (AvgIpc) is 3.07. The predicted molar refractivity (Wildman–Crippen MR) is 116 cm³/mol. The van der Waals surface area contributed by atoms with Gasteiger partial charge in [-0.2, -0.15) is 18.3 Å². The number of fused-ring (bicyclic) bond motifs is 1. The zero-order valence-electron chi connectivity index (χ0n) is 18.9. The minimum Gasteiger partial charge on any atom is -0.383 e. The maximum atomic E-state index is 13.4. The van der Waals surface area contributed by atoms with Crippen LogP contribution in [0.2, 0.25) is 0 Å². The van der Waals surface area contributed by atoms with Crippen molar-refractivity contribution in [2.24, 2.45) is 22.9 Å². The van der Waals surface area contributed by atoms with Crippen LogP contribution < -0.4 is 5.73 Å². The molecule has 6 nitrogen and oxygen atoms in total. The van der Waals surface area contributed by atoms with Crippen LogP contribution in [0.5, 0.6) is 0 Å². The number of halogens is 3. The number of aromatic nitrogens is 1. The topological polar surface area (TPSA) is 67.0 Å². The molecule has 0 amide bonds. The Morgan fingerprint density at radius 2 is 1.84 bits per heavy atom. The summed E-state index contributed by atoms with van der Waals surface area (Å²) in [6.07, 6.45) is -0.0687. The molecule has 0 bridgehead atoms. The molecular formula is C23H32F3N5O. The van der Waals surface area contributed by atoms with Crippen molar-refractivity contribution in [2.75, 3.05) is 32.0 Å². The van der Waals surface area contributed by atoms with Gasteiger partial charge in [-0.3, -0.25) is 9.91 Å². The Hall–Kier alpha value is -1.87. The fraction of sp³-hybridized carbons (Fsp3) is 0.739. The maximum Gasteiger partial charge on any atom is 0.419 e. The van der Waals surface area contributed by atoms with E-state index in [9.17, 15) is 13.2 Å². The summed E-state index contributed by atoms with van der Waals surface area (Å²) in [7, 11) is 0. The first-order valence-corrected chi connectivity index (χ1v) is 11.6. The van der Waals surface area contributed by atoms with Crippen LogP contribution in [0.4, 0.5) is 19.0 Å². The minimum absolute atomic E-state index is 0.165. The van der Waals surface area contributed by atoms with Crippen LogP contribution in [0.15, 0.2) is 17.4 Å². The Kier molecular flexibility index (Phi) is 5.20. The van der Waals surface area contributed by atoms with E-state index >= 15 is 0 Å². The molecule has 2 N–H and O–H groups in total. The van der Waals surface area contributed by atoms with Crippen LogP contribution in [0, 0.1) is 17.8 Å². The van der Waals surface area contributed by atoms with Gasteiger partial charge in [-0.25, -0.2) is 4.98 Å². The number of nitrogens with two attached hydrogens (primary N) is 1. The second kappa shape index (κ2) is 7.58. The Morgan fingerprint density at radius 3 is 2.44 bits per heavy atom. The number of hydrogen-bond donors (Lipinski definition) is 1. The standard InChI is InChI=1S/C23H32F3N5O/c1-13(2)31-22(3,20-16-9-15(10-17(16)20)30-4-6-32-7-5-30)11-19(29-31)14-8-18(23(24,25)26)21(27)28-12-14/h8,12-13,15-17,20H,4-7,9-11H2,1-3H3,(H2,27,28)/t15?,16-,17+,20?,22?. The minimum atomic E-state index is -4.53. The Balaban J connectivity index is 1.35. The number of pyridine rings is 1. The van der Waals surface area contributed by atoms with Gasteiger partial charge in [0.1, 0.15) is 5.82 Å². The molecule has 1 saturated heterocycles. The Morgan fingerprint density at radius 1 is 1.19 bits per heavy atom. The highest BCUT2D eigenvalue weighted by molar-refractivity contribution is 6.02. The molecule has 32 heavy (non-hydrogen) atoms. The van der Waals surface area contributed by atoms with E-state index < -0.39 is 17.6 Å². The number of alkyl halides is 3. The van der Waals surface area contributed by atoms with E-state index in [-0.39, 0.29) is 11.6 Å². The normalized spacial score (nSPS) is 35.3. The van der Waals surface area contributed by atoms with E-state index in [1.165, 1.54) is 19.0 Å². The van der Waals surface area contributed by atoms with Crippen molar-refractivity contribution in [2.45, 2.75) is 63.8 Å². The van der Waals surface area contributed by atoms with E-state index in [0.717, 1.165) is 32.4 Å². The van der Waals surface area contributed by atoms with E-state index in [2.05, 4.69) is 35.7 Å². The summed E-state index contributed by atoms with van der Waals surface area (Å²) in [5.41, 5.74) is 5.52. The van der Waals surface area contributed by atoms with Crippen LogP contribution in [0.3, 0.4) is 0 Å². The van der Waals surface area contributed by atoms with E-state index in [0.29, 0.717) is 41.5 Å². The van der Waals surface area contributed by atoms with Gasteiger partial charge in [0.05, 0.1) is 30.0 Å². The van der Waals surface area contributed by atoms with Crippen molar-refractivity contribution in [3.05, 3.63) is 23.4 Å². The third-order valence-corrected chi connectivity index (χ3v) is 8.02. The maximum absolute atomic E-state index is 13.4. The lowest BCUT2D eigenvalue weighted by atomic mass is 9.83. The van der Waals surface area contributed by atoms with Gasteiger partial charge in [0.15, 0.2) is 0 Å². The van der Waals surface area contributed by atoms with Gasteiger partial charge in [-0.15, -0.1) is 0 Å². The number of ether oxygens (including phenoxy) is 1. The average molecular weight is 452 g/mol. The van der Waals surface area contributed by atoms with Gasteiger partial charge in [-0.1, -0.05) is 0 Å². The third kappa shape index (κ3) is 3.57. The lowest BCUT2D eigenvalue weighted by Crippen LogP contribution is -2.48. The summed E-state index contributed by atoms with van der Waals surface area (Å²) in [6.45, 7) is 10.1. The molecule has 9 heteroatoms. The molecule has 0 spiro atoms. The van der Waals surface area contributed by atoms with Gasteiger partial charge in [0.2, 0.25) is 0 Å². The van der Waals surface area contributed by atoms with Crippen LogP contribution in [0.25, 0.3) is 0 Å². The highest BCUT2D eigenvalue weighted by Crippen LogP contribution is 2.65. The molecule has 0 radical (unpaired) electrons. The smallest absolute Gasteiger partial charge is 0.383 e. The van der Waals surface area contributed by atoms with Gasteiger partial charge in [0, 0.05) is 43.4 Å². The molecule has 2 saturated carbocycles. The molecule has 5 atom stereocenters. The van der Waals surface area contributed by atoms with Crippen molar-refractivity contribution in [3.8, 4) is 0 Å². The van der Waals surface area contributed by atoms with Crippen LogP contribution in [0.1, 0.15) is 51.2 Å². The van der Waals surface area contributed by atoms with Crippen LogP contribution >= 0.6 is 0 Å². The fourth-order valence-electron chi connectivity index (χ4n) is 6.67. The Labute approximate surface area is 187 Å². The van der Waals surface area contributed by atoms with Crippen molar-refractivity contribution < 1.29 is 17.9 Å². The molecule has 1 aromatic heterocycles. The van der Waals surface area contributed by atoms with E-state index in [1.54, 1.807) is 0 Å². The molecule has 2 aliphatic carbocycles. The molecule has 0 aromatic carbocycles. The first-order valence-electron chi connectivity index (χ1n) is 11.6. The molecule has 4 aliphatic rings. The quantitative estimate of drug-likeness (QED) is 0.758. The number of nitrogen functional groups attached to an aromatic ring is 1. The van der Waals surface area contributed by atoms with Crippen LogP contribution in [-0.2, 0) is 10.9 Å². The number of hydrazone groups is 1. The summed E-state index contributed by atoms with van der Waals surface area (Å²) in [4.78, 5) is 6.40. The summed E-state index contributed by atoms with van der Waals surface area (Å²) < 4.78 is 45.6. The summed E-state index contributed by atoms with van der Waals surface area (Å²) in [5.74, 6) is 1.36. The molecule has 3 fully saturated rings. The van der Waals surface area contributed by atoms with Gasteiger partial charge >= 0.3 is 6.18 Å². The number of nitrogens with zero attached hydrogens (tertiary/aromatic N) is 4. The first-order chi connectivity index (χ1) is 15.1. The second-order valence-electron chi connectivity index (χ2n) is 10.3. The highest BCUT2D eigenvalue weighted by Gasteiger charge is 2.66. The lowest BCUT2D eigenvalue weighted by molar-refractivity contribution is -0.137. The second-order valence-corrected chi connectivity index (χ2v) is 10.3. The summed E-state index contributed by atoms with van der Waals surface area (Å²) in [5, 5.41) is 6.97. The molecule has 1 aromatic rings. The lowest BCUT2D eigenvalue weighted by Gasteiger charge is -2.40. The van der Waals surface area contributed by atoms with Crippen LogP contribution in [-0.4, -0.2) is 64.5 Å². The largest absolute Gasteiger partial charge is 0.419 e. The van der Waals surface area contributed by atoms with Crippen molar-refractivity contribution >= 4 is 11.5 Å². The van der Waals surface area contributed by atoms with E-state index in [1.807, 2.05) is 0 Å². The molecule has 3 heterocycles. The zero-order chi connectivity index (χ0) is 22.8. The van der Waals surface area contributed by atoms with Gasteiger partial charge < -0.3 is 10.5 Å². The number of rotatable bonds is 4. The van der Waals surface area contributed by atoms with Crippen molar-refractivity contribution in [1.82, 2.24) is 14.9 Å². The monoisotopic (exact) mass is 451 g/mol. The molecule has 176 valence electrons. The van der Waals surface area contributed by atoms with Gasteiger partial charge in [-0.05, 0) is 57.4 Å². The van der Waals surface area contributed by atoms with Crippen molar-refractivity contribution in [3.63, 3.8) is 0 Å². The SMILES string of the molecule is CC(C)N1N=C(c2cnc(N)c(C(F)(F)F)c2)CC1(C)C1[C@H]2CC(N3CCOCC3)C[C@@H]12. The number of anilines is 1. The molecule has 2 aliphatic heterocycles. The van der Waals surface area contributed by atoms with Gasteiger partial charge in [0.25, 0.3) is 0 Å². The van der Waals surface area contributed by atoms with E-state index in [4.69, 9.17) is 15.6 Å². The number of morpholine rings is 1.